The second kappa shape index (κ2) is 7.30. The number of aromatic nitrogens is 4. The van der Waals surface area contributed by atoms with Gasteiger partial charge in [-0.05, 0) is 31.7 Å². The fourth-order valence-electron chi connectivity index (χ4n) is 4.01. The number of hydrogen-bond donors (Lipinski definition) is 0. The van der Waals surface area contributed by atoms with Crippen molar-refractivity contribution in [1.29, 1.82) is 0 Å². The summed E-state index contributed by atoms with van der Waals surface area (Å²) in [5, 5.41) is 8.85. The number of halogens is 4. The van der Waals surface area contributed by atoms with Gasteiger partial charge in [-0.2, -0.15) is 13.2 Å². The van der Waals surface area contributed by atoms with E-state index in [1.54, 1.807) is 0 Å². The SMILES string of the molecule is FC(F)(F)c1cnc(N2CCCC(c3nnc4n3CCCCC4)C2)c(Cl)c1. The van der Waals surface area contributed by atoms with E-state index in [0.29, 0.717) is 12.4 Å². The molecule has 0 N–H and O–H groups in total. The van der Waals surface area contributed by atoms with Gasteiger partial charge >= 0.3 is 6.18 Å². The van der Waals surface area contributed by atoms with E-state index in [-0.39, 0.29) is 10.9 Å². The lowest BCUT2D eigenvalue weighted by atomic mass is 9.97. The second-order valence-corrected chi connectivity index (χ2v) is 7.66. The van der Waals surface area contributed by atoms with Gasteiger partial charge in [-0.3, -0.25) is 0 Å². The second-order valence-electron chi connectivity index (χ2n) is 7.25. The van der Waals surface area contributed by atoms with Crippen molar-refractivity contribution in [1.82, 2.24) is 19.7 Å². The van der Waals surface area contributed by atoms with Crippen LogP contribution in [0.25, 0.3) is 0 Å². The molecule has 2 aromatic rings. The van der Waals surface area contributed by atoms with E-state index < -0.39 is 11.7 Å². The Morgan fingerprint density at radius 3 is 2.70 bits per heavy atom. The van der Waals surface area contributed by atoms with Gasteiger partial charge in [0.2, 0.25) is 0 Å². The summed E-state index contributed by atoms with van der Waals surface area (Å²) in [6.45, 7) is 2.29. The normalized spacial score (nSPS) is 21.0. The predicted octanol–water partition coefficient (Wildman–Crippen LogP) is 4.46. The maximum atomic E-state index is 12.9. The fraction of sp³-hybridized carbons (Fsp3) is 0.611. The number of anilines is 1. The number of fused-ring (bicyclic) bond motifs is 1. The van der Waals surface area contributed by atoms with Gasteiger partial charge in [0.25, 0.3) is 0 Å². The minimum absolute atomic E-state index is 0.0329. The standard InChI is InChI=1S/C18H21ClF3N5/c19-14-9-13(18(20,21)22)10-23-17(14)26-7-4-5-12(11-26)16-25-24-15-6-2-1-3-8-27(15)16/h9-10,12H,1-8,11H2. The van der Waals surface area contributed by atoms with E-state index in [1.165, 1.54) is 6.42 Å². The topological polar surface area (TPSA) is 46.8 Å². The lowest BCUT2D eigenvalue weighted by Gasteiger charge is -2.33. The number of piperidine rings is 1. The van der Waals surface area contributed by atoms with E-state index in [1.807, 2.05) is 4.90 Å². The van der Waals surface area contributed by atoms with E-state index >= 15 is 0 Å². The van der Waals surface area contributed by atoms with Crippen molar-refractivity contribution in [3.63, 3.8) is 0 Å². The van der Waals surface area contributed by atoms with Crippen LogP contribution in [0.4, 0.5) is 19.0 Å². The molecule has 146 valence electrons. The molecule has 4 heterocycles. The Hall–Kier alpha value is -1.83. The fourth-order valence-corrected chi connectivity index (χ4v) is 4.29. The quantitative estimate of drug-likeness (QED) is 0.748. The first kappa shape index (κ1) is 18.5. The molecule has 5 nitrogen and oxygen atoms in total. The van der Waals surface area contributed by atoms with Crippen LogP contribution in [0.5, 0.6) is 0 Å². The zero-order valence-corrected chi connectivity index (χ0v) is 15.6. The van der Waals surface area contributed by atoms with Crippen LogP contribution in [-0.2, 0) is 19.1 Å². The van der Waals surface area contributed by atoms with Crippen LogP contribution in [0.15, 0.2) is 12.3 Å². The highest BCUT2D eigenvalue weighted by molar-refractivity contribution is 6.33. The Labute approximate surface area is 160 Å². The smallest absolute Gasteiger partial charge is 0.355 e. The van der Waals surface area contributed by atoms with Gasteiger partial charge < -0.3 is 9.47 Å². The number of hydrogen-bond acceptors (Lipinski definition) is 4. The Morgan fingerprint density at radius 1 is 1.07 bits per heavy atom. The van der Waals surface area contributed by atoms with Crippen LogP contribution in [0.3, 0.4) is 0 Å². The van der Waals surface area contributed by atoms with Gasteiger partial charge in [0.15, 0.2) is 0 Å². The molecule has 9 heteroatoms. The number of rotatable bonds is 2. The molecule has 1 fully saturated rings. The zero-order valence-electron chi connectivity index (χ0n) is 14.8. The van der Waals surface area contributed by atoms with Gasteiger partial charge in [-0.15, -0.1) is 10.2 Å². The molecule has 2 aliphatic heterocycles. The molecule has 0 aromatic carbocycles. The minimum atomic E-state index is -4.45. The molecule has 1 saturated heterocycles. The summed E-state index contributed by atoms with van der Waals surface area (Å²) in [5.74, 6) is 2.62. The molecular weight excluding hydrogens is 379 g/mol. The summed E-state index contributed by atoms with van der Waals surface area (Å²) in [6, 6.07) is 0.955. The van der Waals surface area contributed by atoms with E-state index in [4.69, 9.17) is 11.6 Å². The third-order valence-electron chi connectivity index (χ3n) is 5.37. The summed E-state index contributed by atoms with van der Waals surface area (Å²) in [6.07, 6.45) is 2.71. The predicted molar refractivity (Wildman–Crippen MR) is 96.0 cm³/mol. The van der Waals surface area contributed by atoms with Gasteiger partial charge in [0.1, 0.15) is 17.5 Å². The van der Waals surface area contributed by atoms with Crippen molar-refractivity contribution in [2.45, 2.75) is 57.2 Å². The first-order chi connectivity index (χ1) is 12.9. The minimum Gasteiger partial charge on any atom is -0.355 e. The van der Waals surface area contributed by atoms with Crippen LogP contribution >= 0.6 is 11.6 Å². The molecule has 0 aliphatic carbocycles. The van der Waals surface area contributed by atoms with Crippen molar-refractivity contribution in [2.75, 3.05) is 18.0 Å². The van der Waals surface area contributed by atoms with Crippen molar-refractivity contribution >= 4 is 17.4 Å². The number of nitrogens with zero attached hydrogens (tertiary/aromatic N) is 5. The summed E-state index contributed by atoms with van der Waals surface area (Å²) < 4.78 is 40.8. The molecule has 2 aromatic heterocycles. The maximum absolute atomic E-state index is 12.9. The van der Waals surface area contributed by atoms with Gasteiger partial charge in [0.05, 0.1) is 10.6 Å². The number of alkyl halides is 3. The zero-order chi connectivity index (χ0) is 19.0. The third kappa shape index (κ3) is 3.77. The highest BCUT2D eigenvalue weighted by Gasteiger charge is 2.33. The molecule has 27 heavy (non-hydrogen) atoms. The van der Waals surface area contributed by atoms with E-state index in [0.717, 1.165) is 69.1 Å². The largest absolute Gasteiger partial charge is 0.417 e. The van der Waals surface area contributed by atoms with Crippen molar-refractivity contribution in [3.8, 4) is 0 Å². The summed E-state index contributed by atoms with van der Waals surface area (Å²) in [5.41, 5.74) is -0.826. The Kier molecular flexibility index (Phi) is 5.01. The van der Waals surface area contributed by atoms with E-state index in [9.17, 15) is 13.2 Å². The van der Waals surface area contributed by atoms with Gasteiger partial charge in [-0.1, -0.05) is 18.0 Å². The average Bonchev–Trinajstić information content (AvgIpc) is 2.89. The summed E-state index contributed by atoms with van der Waals surface area (Å²) in [4.78, 5) is 5.99. The molecule has 0 spiro atoms. The lowest BCUT2D eigenvalue weighted by molar-refractivity contribution is -0.137. The van der Waals surface area contributed by atoms with Crippen LogP contribution in [0.1, 0.15) is 55.2 Å². The van der Waals surface area contributed by atoms with Crippen LogP contribution in [0.2, 0.25) is 5.02 Å². The maximum Gasteiger partial charge on any atom is 0.417 e. The molecule has 1 unspecified atom stereocenters. The summed E-state index contributed by atoms with van der Waals surface area (Å²) in [7, 11) is 0. The van der Waals surface area contributed by atoms with Crippen molar-refractivity contribution in [2.24, 2.45) is 0 Å². The van der Waals surface area contributed by atoms with Crippen LogP contribution in [0, 0.1) is 0 Å². The Bertz CT molecular complexity index is 820. The lowest BCUT2D eigenvalue weighted by Crippen LogP contribution is -2.36. The van der Waals surface area contributed by atoms with Gasteiger partial charge in [-0.25, -0.2) is 4.98 Å². The molecule has 0 saturated carbocycles. The molecule has 1 atom stereocenters. The molecule has 2 aliphatic rings. The highest BCUT2D eigenvalue weighted by Crippen LogP contribution is 2.36. The first-order valence-electron chi connectivity index (χ1n) is 9.33. The third-order valence-corrected chi connectivity index (χ3v) is 5.65. The van der Waals surface area contributed by atoms with Crippen molar-refractivity contribution in [3.05, 3.63) is 34.5 Å². The van der Waals surface area contributed by atoms with Crippen LogP contribution < -0.4 is 4.90 Å². The monoisotopic (exact) mass is 399 g/mol. The average molecular weight is 400 g/mol. The Morgan fingerprint density at radius 2 is 1.93 bits per heavy atom. The van der Waals surface area contributed by atoms with Crippen molar-refractivity contribution < 1.29 is 13.2 Å². The molecule has 4 rings (SSSR count). The van der Waals surface area contributed by atoms with Crippen LogP contribution in [-0.4, -0.2) is 32.8 Å². The van der Waals surface area contributed by atoms with Gasteiger partial charge in [0, 0.05) is 38.2 Å². The highest BCUT2D eigenvalue weighted by atomic mass is 35.5. The number of aryl methyl sites for hydroxylation is 1. The molecule has 0 radical (unpaired) electrons. The number of pyridine rings is 1. The molecular formula is C18H21ClF3N5. The Balaban J connectivity index is 1.56. The van der Waals surface area contributed by atoms with E-state index in [2.05, 4.69) is 19.7 Å². The first-order valence-corrected chi connectivity index (χ1v) is 9.71. The molecule has 0 bridgehead atoms. The summed E-state index contributed by atoms with van der Waals surface area (Å²) >= 11 is 6.14. The molecule has 0 amide bonds.